The summed E-state index contributed by atoms with van der Waals surface area (Å²) in [6.07, 6.45) is 1.12. The molecule has 0 aromatic heterocycles. The number of carbonyl (C=O) groups excluding carboxylic acids is 2. The normalized spacial score (nSPS) is 22.9. The van der Waals surface area contributed by atoms with Crippen molar-refractivity contribution >= 4 is 11.9 Å². The molecule has 2 aromatic rings. The summed E-state index contributed by atoms with van der Waals surface area (Å²) < 4.78 is 27.7. The first-order chi connectivity index (χ1) is 18.5. The highest BCUT2D eigenvalue weighted by Crippen LogP contribution is 2.55. The number of ether oxygens (including phenoxy) is 5. The van der Waals surface area contributed by atoms with E-state index >= 15 is 0 Å². The van der Waals surface area contributed by atoms with Crippen LogP contribution >= 0.6 is 0 Å². The summed E-state index contributed by atoms with van der Waals surface area (Å²) in [5, 5.41) is 16.9. The molecule has 11 nitrogen and oxygen atoms in total. The molecule has 5 N–H and O–H groups in total. The minimum atomic E-state index is -0.588. The summed E-state index contributed by atoms with van der Waals surface area (Å²) >= 11 is 0. The third-order valence-corrected chi connectivity index (χ3v) is 7.45. The molecule has 0 saturated carbocycles. The number of amides is 1. The van der Waals surface area contributed by atoms with Crippen molar-refractivity contribution in [3.63, 3.8) is 0 Å². The van der Waals surface area contributed by atoms with Crippen LogP contribution in [0, 0.1) is 11.8 Å². The Morgan fingerprint density at radius 3 is 2.39 bits per heavy atom. The van der Waals surface area contributed by atoms with Gasteiger partial charge in [0.15, 0.2) is 23.0 Å². The van der Waals surface area contributed by atoms with Crippen LogP contribution in [0.3, 0.4) is 0 Å². The molecule has 38 heavy (non-hydrogen) atoms. The molecule has 1 fully saturated rings. The Morgan fingerprint density at radius 2 is 1.74 bits per heavy atom. The van der Waals surface area contributed by atoms with Gasteiger partial charge in [-0.1, -0.05) is 0 Å². The molecule has 2 aliphatic heterocycles. The van der Waals surface area contributed by atoms with Crippen molar-refractivity contribution < 1.29 is 38.4 Å². The lowest BCUT2D eigenvalue weighted by Crippen LogP contribution is -2.43. The fourth-order valence-electron chi connectivity index (χ4n) is 5.64. The van der Waals surface area contributed by atoms with E-state index < -0.39 is 17.9 Å². The Kier molecular flexibility index (Phi) is 7.48. The minimum absolute atomic E-state index is 0.0874. The number of fused-ring (bicyclic) bond motifs is 3. The second kappa shape index (κ2) is 11.0. The largest absolute Gasteiger partial charge is 0.502 e. The van der Waals surface area contributed by atoms with Crippen molar-refractivity contribution in [2.75, 3.05) is 47.3 Å². The Labute approximate surface area is 220 Å². The average molecular weight is 528 g/mol. The summed E-state index contributed by atoms with van der Waals surface area (Å²) in [5.41, 5.74) is 7.86. The summed E-state index contributed by atoms with van der Waals surface area (Å²) in [6.45, 7) is 2.11. The molecular formula is C27H33N3O8. The van der Waals surface area contributed by atoms with E-state index in [0.29, 0.717) is 30.2 Å². The van der Waals surface area contributed by atoms with Crippen LogP contribution in [0.1, 0.15) is 41.5 Å². The highest BCUT2D eigenvalue weighted by atomic mass is 16.7. The number of benzene rings is 2. The fourth-order valence-corrected chi connectivity index (χ4v) is 5.64. The van der Waals surface area contributed by atoms with Gasteiger partial charge < -0.3 is 45.2 Å². The number of phenolic OH excluding ortho intramolecular Hbond substituents is 1. The molecule has 4 atom stereocenters. The Balaban J connectivity index is 1.55. The Bertz CT molecular complexity index is 1190. The molecule has 2 heterocycles. The lowest BCUT2D eigenvalue weighted by atomic mass is 9.65. The van der Waals surface area contributed by atoms with Gasteiger partial charge in [-0.05, 0) is 60.5 Å². The number of phenols is 1. The van der Waals surface area contributed by atoms with Crippen LogP contribution in [-0.4, -0.2) is 64.2 Å². The molecule has 0 radical (unpaired) electrons. The monoisotopic (exact) mass is 527 g/mol. The zero-order valence-electron chi connectivity index (χ0n) is 21.5. The van der Waals surface area contributed by atoms with Crippen molar-refractivity contribution in [1.29, 1.82) is 0 Å². The third kappa shape index (κ3) is 4.67. The molecule has 1 amide bonds. The molecular weight excluding hydrogens is 494 g/mol. The third-order valence-electron chi connectivity index (χ3n) is 7.45. The highest BCUT2D eigenvalue weighted by Gasteiger charge is 2.53. The van der Waals surface area contributed by atoms with Crippen LogP contribution in [0.4, 0.5) is 0 Å². The van der Waals surface area contributed by atoms with Crippen molar-refractivity contribution in [2.24, 2.45) is 17.6 Å². The fraction of sp³-hybridized carbons (Fsp3) is 0.481. The van der Waals surface area contributed by atoms with E-state index in [1.165, 1.54) is 14.2 Å². The van der Waals surface area contributed by atoms with E-state index in [0.717, 1.165) is 24.1 Å². The highest BCUT2D eigenvalue weighted by molar-refractivity contribution is 5.81. The maximum atomic E-state index is 13.2. The predicted octanol–water partition coefficient (Wildman–Crippen LogP) is 1.56. The molecule has 0 spiro atoms. The van der Waals surface area contributed by atoms with Crippen LogP contribution in [0.15, 0.2) is 24.3 Å². The molecule has 3 aliphatic rings. The molecule has 204 valence electrons. The van der Waals surface area contributed by atoms with Crippen molar-refractivity contribution in [3.05, 3.63) is 41.0 Å². The second-order valence-electron chi connectivity index (χ2n) is 9.59. The molecule has 2 aromatic carbocycles. The van der Waals surface area contributed by atoms with Crippen LogP contribution in [0.5, 0.6) is 28.7 Å². The van der Waals surface area contributed by atoms with Crippen molar-refractivity contribution in [1.82, 2.24) is 10.6 Å². The van der Waals surface area contributed by atoms with Gasteiger partial charge in [-0.25, -0.2) is 0 Å². The van der Waals surface area contributed by atoms with E-state index in [4.69, 9.17) is 29.4 Å². The van der Waals surface area contributed by atoms with Crippen LogP contribution in [0.25, 0.3) is 0 Å². The zero-order valence-corrected chi connectivity index (χ0v) is 21.5. The molecule has 0 bridgehead atoms. The summed E-state index contributed by atoms with van der Waals surface area (Å²) in [7, 11) is 2.91. The first kappa shape index (κ1) is 25.9. The summed E-state index contributed by atoms with van der Waals surface area (Å²) in [4.78, 5) is 26.2. The topological polar surface area (TPSA) is 151 Å². The van der Waals surface area contributed by atoms with Gasteiger partial charge in [0.2, 0.25) is 18.4 Å². The number of aromatic hydroxyl groups is 1. The van der Waals surface area contributed by atoms with Gasteiger partial charge in [0, 0.05) is 24.8 Å². The zero-order chi connectivity index (χ0) is 26.8. The van der Waals surface area contributed by atoms with Gasteiger partial charge in [-0.15, -0.1) is 0 Å². The predicted molar refractivity (Wildman–Crippen MR) is 136 cm³/mol. The SMILES string of the molecule is COc1cc(C2c3cc4c(cc3[C@@H](NC(=O)CCNCCCN)[C@H]3COC(=O)[C@H]23)OCO4)cc(OC)c1O. The second-order valence-corrected chi connectivity index (χ2v) is 9.59. The van der Waals surface area contributed by atoms with Gasteiger partial charge in [0.05, 0.1) is 32.8 Å². The average Bonchev–Trinajstić information content (AvgIpc) is 3.54. The van der Waals surface area contributed by atoms with Gasteiger partial charge in [0.1, 0.15) is 0 Å². The quantitative estimate of drug-likeness (QED) is 0.265. The maximum absolute atomic E-state index is 13.2. The number of esters is 1. The molecule has 1 aliphatic carbocycles. The lowest BCUT2D eigenvalue weighted by molar-refractivity contribution is -0.141. The lowest BCUT2D eigenvalue weighted by Gasteiger charge is -2.39. The van der Waals surface area contributed by atoms with E-state index in [1.54, 1.807) is 12.1 Å². The molecule has 1 saturated heterocycles. The van der Waals surface area contributed by atoms with E-state index in [9.17, 15) is 14.7 Å². The number of methoxy groups -OCH3 is 2. The summed E-state index contributed by atoms with van der Waals surface area (Å²) in [5.74, 6) is -0.398. The number of carbonyl (C=O) groups is 2. The van der Waals surface area contributed by atoms with E-state index in [1.807, 2.05) is 12.1 Å². The minimum Gasteiger partial charge on any atom is -0.502 e. The Hall–Kier alpha value is -3.70. The van der Waals surface area contributed by atoms with Crippen molar-refractivity contribution in [3.8, 4) is 28.7 Å². The number of nitrogens with two attached hydrogens (primary N) is 1. The summed E-state index contributed by atoms with van der Waals surface area (Å²) in [6, 6.07) is 6.67. The van der Waals surface area contributed by atoms with Crippen molar-refractivity contribution in [2.45, 2.75) is 24.8 Å². The first-order valence-corrected chi connectivity index (χ1v) is 12.7. The van der Waals surface area contributed by atoms with Crippen LogP contribution in [-0.2, 0) is 14.3 Å². The number of nitrogens with one attached hydrogen (secondary N) is 2. The van der Waals surface area contributed by atoms with Gasteiger partial charge in [-0.3, -0.25) is 9.59 Å². The van der Waals surface area contributed by atoms with Crippen LogP contribution < -0.4 is 35.3 Å². The number of hydrogen-bond donors (Lipinski definition) is 4. The Morgan fingerprint density at radius 1 is 1.05 bits per heavy atom. The van der Waals surface area contributed by atoms with E-state index in [2.05, 4.69) is 10.6 Å². The van der Waals surface area contributed by atoms with Gasteiger partial charge in [0.25, 0.3) is 0 Å². The smallest absolute Gasteiger partial charge is 0.310 e. The molecule has 1 unspecified atom stereocenters. The van der Waals surface area contributed by atoms with Crippen LogP contribution in [0.2, 0.25) is 0 Å². The standard InChI is InChI=1S/C27H33N3O8/c1-34-20-8-14(9-21(35-2)26(20)32)23-15-10-18-19(38-13-37-18)11-16(15)25(17-12-36-27(33)24(17)23)30-22(31)4-7-29-6-3-5-28/h8-11,17,23-25,29,32H,3-7,12-13,28H2,1-2H3,(H,30,31)/t17-,23?,24-,25+/m0/s1. The van der Waals surface area contributed by atoms with Gasteiger partial charge in [-0.2, -0.15) is 0 Å². The van der Waals surface area contributed by atoms with Gasteiger partial charge >= 0.3 is 5.97 Å². The maximum Gasteiger partial charge on any atom is 0.310 e. The number of rotatable bonds is 10. The number of hydrogen-bond acceptors (Lipinski definition) is 10. The molecule has 5 rings (SSSR count). The molecule has 11 heteroatoms. The first-order valence-electron chi connectivity index (χ1n) is 12.7. The number of cyclic esters (lactones) is 1. The van der Waals surface area contributed by atoms with E-state index in [-0.39, 0.29) is 54.9 Å².